The number of aromatic nitrogens is 6. The summed E-state index contributed by atoms with van der Waals surface area (Å²) in [6.45, 7) is 4.05. The second kappa shape index (κ2) is 13.0. The summed E-state index contributed by atoms with van der Waals surface area (Å²) in [4.78, 5) is 29.3. The van der Waals surface area contributed by atoms with Gasteiger partial charge in [0, 0.05) is 49.2 Å². The Bertz CT molecular complexity index is 1800. The first kappa shape index (κ1) is 29.5. The number of hydrogen-bond donors (Lipinski definition) is 2. The van der Waals surface area contributed by atoms with Gasteiger partial charge in [0.15, 0.2) is 0 Å². The molecule has 12 nitrogen and oxygen atoms in total. The van der Waals surface area contributed by atoms with Crippen LogP contribution in [0.2, 0.25) is 0 Å². The molecule has 4 aromatic heterocycles. The van der Waals surface area contributed by atoms with Crippen molar-refractivity contribution in [3.63, 3.8) is 0 Å². The summed E-state index contributed by atoms with van der Waals surface area (Å²) in [5, 5.41) is 24.5. The lowest BCUT2D eigenvalue weighted by Gasteiger charge is -2.36. The number of rotatable bonds is 8. The highest BCUT2D eigenvalue weighted by Gasteiger charge is 2.31. The highest BCUT2D eigenvalue weighted by atomic mass is 16.5. The van der Waals surface area contributed by atoms with Crippen molar-refractivity contribution in [1.82, 2.24) is 35.2 Å². The van der Waals surface area contributed by atoms with Crippen LogP contribution in [0.4, 0.5) is 16.6 Å². The maximum atomic E-state index is 13.7. The molecule has 12 heteroatoms. The van der Waals surface area contributed by atoms with E-state index in [1.165, 1.54) is 6.20 Å². The van der Waals surface area contributed by atoms with Crippen LogP contribution in [-0.4, -0.2) is 48.0 Å². The lowest BCUT2D eigenvalue weighted by molar-refractivity contribution is 0.240. The van der Waals surface area contributed by atoms with Gasteiger partial charge in [0.2, 0.25) is 5.95 Å². The number of carbonyl (C=O) groups excluding carboxylic acids is 1. The Balaban J connectivity index is 1.18. The van der Waals surface area contributed by atoms with E-state index in [1.54, 1.807) is 28.9 Å². The number of benzene rings is 1. The topological polar surface area (TPSA) is 151 Å². The van der Waals surface area contributed by atoms with Crippen molar-refractivity contribution in [2.24, 2.45) is 7.05 Å². The first-order valence-corrected chi connectivity index (χ1v) is 14.9. The number of aryl methyl sites for hydroxylation is 3. The van der Waals surface area contributed by atoms with Crippen LogP contribution in [0.5, 0.6) is 0 Å². The highest BCUT2D eigenvalue weighted by molar-refractivity contribution is 5.91. The Hall–Kier alpha value is -5.57. The van der Waals surface area contributed by atoms with E-state index in [1.807, 2.05) is 62.6 Å². The van der Waals surface area contributed by atoms with Gasteiger partial charge in [-0.3, -0.25) is 9.58 Å². The second-order valence-electron chi connectivity index (χ2n) is 11.2. The molecule has 45 heavy (non-hydrogen) atoms. The summed E-state index contributed by atoms with van der Waals surface area (Å²) in [6.07, 6.45) is 10.2. The molecule has 0 aliphatic heterocycles. The van der Waals surface area contributed by atoms with E-state index in [2.05, 4.69) is 36.9 Å². The van der Waals surface area contributed by atoms with Gasteiger partial charge in [-0.05, 0) is 57.2 Å². The minimum absolute atomic E-state index is 0.0460. The van der Waals surface area contributed by atoms with Crippen LogP contribution in [0.3, 0.4) is 0 Å². The average Bonchev–Trinajstić information content (AvgIpc) is 3.65. The number of hydrogen-bond acceptors (Lipinski definition) is 9. The molecule has 1 fully saturated rings. The third-order valence-electron chi connectivity index (χ3n) is 8.11. The molecule has 0 spiro atoms. The zero-order valence-electron chi connectivity index (χ0n) is 25.4. The van der Waals surface area contributed by atoms with Gasteiger partial charge in [-0.2, -0.15) is 10.4 Å². The van der Waals surface area contributed by atoms with Gasteiger partial charge in [-0.1, -0.05) is 35.5 Å². The molecule has 4 heterocycles. The van der Waals surface area contributed by atoms with Crippen molar-refractivity contribution in [2.45, 2.75) is 58.2 Å². The fourth-order valence-electron chi connectivity index (χ4n) is 5.79. The quantitative estimate of drug-likeness (QED) is 0.233. The number of nitrogens with zero attached hydrogens (tertiary/aromatic N) is 8. The van der Waals surface area contributed by atoms with E-state index in [-0.39, 0.29) is 18.1 Å². The van der Waals surface area contributed by atoms with Crippen LogP contribution in [0.25, 0.3) is 22.4 Å². The summed E-state index contributed by atoms with van der Waals surface area (Å²) in [5.41, 5.74) is 5.16. The van der Waals surface area contributed by atoms with Crippen LogP contribution < -0.4 is 15.5 Å². The number of carbonyl (C=O) groups is 1. The summed E-state index contributed by atoms with van der Waals surface area (Å²) in [7, 11) is 1.88. The fourth-order valence-corrected chi connectivity index (χ4v) is 5.79. The summed E-state index contributed by atoms with van der Waals surface area (Å²) < 4.78 is 7.06. The number of nitrogens with one attached hydrogen (secondary N) is 2. The van der Waals surface area contributed by atoms with Crippen LogP contribution in [0.1, 0.15) is 48.3 Å². The van der Waals surface area contributed by atoms with Crippen molar-refractivity contribution in [2.75, 3.05) is 10.2 Å². The Kier molecular flexibility index (Phi) is 8.50. The second-order valence-corrected chi connectivity index (χ2v) is 11.2. The molecule has 2 amide bonds. The third kappa shape index (κ3) is 6.52. The largest absolute Gasteiger partial charge is 0.361 e. The van der Waals surface area contributed by atoms with Gasteiger partial charge in [0.1, 0.15) is 17.6 Å². The van der Waals surface area contributed by atoms with Gasteiger partial charge >= 0.3 is 6.03 Å². The molecule has 2 N–H and O–H groups in total. The zero-order chi connectivity index (χ0) is 31.3. The van der Waals surface area contributed by atoms with Gasteiger partial charge in [-0.15, -0.1) is 0 Å². The molecular weight excluding hydrogens is 568 g/mol. The van der Waals surface area contributed by atoms with Gasteiger partial charge in [-0.25, -0.2) is 19.7 Å². The van der Waals surface area contributed by atoms with Gasteiger partial charge in [0.05, 0.1) is 34.9 Å². The summed E-state index contributed by atoms with van der Waals surface area (Å²) in [5.74, 6) is 1.64. The molecule has 6 rings (SSSR count). The van der Waals surface area contributed by atoms with E-state index >= 15 is 0 Å². The van der Waals surface area contributed by atoms with E-state index in [4.69, 9.17) is 9.51 Å². The Labute approximate surface area is 261 Å². The average molecular weight is 603 g/mol. The normalized spacial score (nSPS) is 16.1. The maximum Gasteiger partial charge on any atom is 0.323 e. The van der Waals surface area contributed by atoms with Crippen molar-refractivity contribution in [3.05, 3.63) is 89.8 Å². The Morgan fingerprint density at radius 1 is 1.04 bits per heavy atom. The summed E-state index contributed by atoms with van der Waals surface area (Å²) >= 11 is 0. The molecule has 1 saturated carbocycles. The third-order valence-corrected chi connectivity index (χ3v) is 8.11. The molecule has 0 atom stereocenters. The van der Waals surface area contributed by atoms with Crippen LogP contribution in [0.15, 0.2) is 71.8 Å². The fraction of sp³-hybridized carbons (Fsp3) is 0.303. The van der Waals surface area contributed by atoms with Crippen LogP contribution >= 0.6 is 0 Å². The lowest BCUT2D eigenvalue weighted by atomic mass is 9.90. The molecular formula is C33H34N10O2. The minimum atomic E-state index is -0.184. The standard InChI is InChI=1S/C33H34N10O2/c1-21-30(22(2)45-41-21)31-25(15-34)18-36-32(40-31)39-27-10-12-28(13-11-27)43(33(44)37-16-23-7-5-4-6-8-23)29-14-9-24(17-35-29)26-19-38-42(3)20-26/h4-9,14,17-20,27-28H,10-13,16H2,1-3H3,(H,37,44)(H,36,39,40)/t27-,28-. The molecule has 1 aliphatic rings. The molecule has 228 valence electrons. The van der Waals surface area contributed by atoms with E-state index in [0.717, 1.165) is 42.4 Å². The smallest absolute Gasteiger partial charge is 0.323 e. The van der Waals surface area contributed by atoms with Crippen molar-refractivity contribution >= 4 is 17.8 Å². The van der Waals surface area contributed by atoms with E-state index in [0.29, 0.717) is 46.6 Å². The van der Waals surface area contributed by atoms with E-state index < -0.39 is 0 Å². The number of urea groups is 1. The van der Waals surface area contributed by atoms with Crippen molar-refractivity contribution < 1.29 is 9.32 Å². The van der Waals surface area contributed by atoms with Crippen molar-refractivity contribution in [1.29, 1.82) is 5.26 Å². The first-order valence-electron chi connectivity index (χ1n) is 14.9. The highest BCUT2D eigenvalue weighted by Crippen LogP contribution is 2.31. The molecule has 0 radical (unpaired) electrons. The Morgan fingerprint density at radius 2 is 1.84 bits per heavy atom. The van der Waals surface area contributed by atoms with Crippen LogP contribution in [0, 0.1) is 25.2 Å². The molecule has 5 aromatic rings. The van der Waals surface area contributed by atoms with E-state index in [9.17, 15) is 10.1 Å². The van der Waals surface area contributed by atoms with Gasteiger partial charge < -0.3 is 15.2 Å². The molecule has 0 bridgehead atoms. The molecule has 1 aliphatic carbocycles. The number of amides is 2. The Morgan fingerprint density at radius 3 is 2.49 bits per heavy atom. The first-order chi connectivity index (χ1) is 21.9. The predicted molar refractivity (Wildman–Crippen MR) is 169 cm³/mol. The number of anilines is 2. The molecule has 0 unspecified atom stereocenters. The number of pyridine rings is 1. The molecule has 1 aromatic carbocycles. The molecule has 0 saturated heterocycles. The number of nitriles is 1. The summed E-state index contributed by atoms with van der Waals surface area (Å²) in [6, 6.07) is 15.8. The van der Waals surface area contributed by atoms with Crippen molar-refractivity contribution in [3.8, 4) is 28.5 Å². The monoisotopic (exact) mass is 602 g/mol. The predicted octanol–water partition coefficient (Wildman–Crippen LogP) is 5.56. The minimum Gasteiger partial charge on any atom is -0.361 e. The zero-order valence-corrected chi connectivity index (χ0v) is 25.4. The SMILES string of the molecule is Cc1noc(C)c1-c1nc(N[C@H]2CC[C@H](N(C(=O)NCc3ccccc3)c3ccc(-c4cnn(C)c4)cn3)CC2)ncc1C#N. The lowest BCUT2D eigenvalue weighted by Crippen LogP contribution is -2.49. The van der Waals surface area contributed by atoms with Crippen LogP contribution in [-0.2, 0) is 13.6 Å². The maximum absolute atomic E-state index is 13.7. The van der Waals surface area contributed by atoms with Gasteiger partial charge in [0.25, 0.3) is 0 Å².